The Labute approximate surface area is 186 Å². The summed E-state index contributed by atoms with van der Waals surface area (Å²) in [6.07, 6.45) is 1.53. The van der Waals surface area contributed by atoms with Crippen molar-refractivity contribution in [3.8, 4) is 0 Å². The maximum absolute atomic E-state index is 13.3. The number of aromatic nitrogens is 3. The zero-order valence-corrected chi connectivity index (χ0v) is 17.7. The Morgan fingerprint density at radius 3 is 2.65 bits per heavy atom. The summed E-state index contributed by atoms with van der Waals surface area (Å²) in [6, 6.07) is 16.2. The van der Waals surface area contributed by atoms with Crippen LogP contribution >= 0.6 is 23.4 Å². The second-order valence-electron chi connectivity index (χ2n) is 6.61. The largest absolute Gasteiger partial charge is 0.323 e. The zero-order valence-electron chi connectivity index (χ0n) is 16.1. The number of carbonyl (C=O) groups is 1. The maximum atomic E-state index is 13.3. The van der Waals surface area contributed by atoms with Gasteiger partial charge in [0, 0.05) is 6.20 Å². The van der Waals surface area contributed by atoms with Gasteiger partial charge in [-0.05, 0) is 42.0 Å². The molecular weight excluding hydrogens is 439 g/mol. The molecule has 4 rings (SSSR count). The van der Waals surface area contributed by atoms with Crippen molar-refractivity contribution in [2.45, 2.75) is 11.7 Å². The highest BCUT2D eigenvalue weighted by Gasteiger charge is 2.14. The molecule has 156 valence electrons. The van der Waals surface area contributed by atoms with E-state index < -0.39 is 0 Å². The smallest absolute Gasteiger partial charge is 0.262 e. The lowest BCUT2D eigenvalue weighted by Crippen LogP contribution is -2.25. The normalized spacial score (nSPS) is 10.9. The molecule has 9 heteroatoms. The van der Waals surface area contributed by atoms with Crippen LogP contribution in [-0.4, -0.2) is 26.2 Å². The van der Waals surface area contributed by atoms with Crippen molar-refractivity contribution in [3.05, 3.63) is 93.7 Å². The lowest BCUT2D eigenvalue weighted by Gasteiger charge is -2.13. The van der Waals surface area contributed by atoms with E-state index in [2.05, 4.69) is 15.3 Å². The quantitative estimate of drug-likeness (QED) is 0.266. The molecular formula is C22H16ClFN4O2S. The minimum atomic E-state index is -0.354. The van der Waals surface area contributed by atoms with Crippen molar-refractivity contribution in [2.75, 3.05) is 11.1 Å². The molecule has 4 aromatic rings. The number of amides is 1. The number of rotatable bonds is 6. The van der Waals surface area contributed by atoms with Gasteiger partial charge < -0.3 is 5.32 Å². The second-order valence-corrected chi connectivity index (χ2v) is 7.91. The van der Waals surface area contributed by atoms with Gasteiger partial charge in [-0.1, -0.05) is 47.6 Å². The van der Waals surface area contributed by atoms with Crippen LogP contribution in [0.15, 0.2) is 76.8 Å². The van der Waals surface area contributed by atoms with Crippen LogP contribution in [0.1, 0.15) is 5.56 Å². The Hall–Kier alpha value is -3.23. The third kappa shape index (κ3) is 4.92. The second kappa shape index (κ2) is 9.28. The molecule has 0 aliphatic rings. The molecule has 0 spiro atoms. The molecule has 2 heterocycles. The van der Waals surface area contributed by atoms with Crippen molar-refractivity contribution in [1.29, 1.82) is 0 Å². The summed E-state index contributed by atoms with van der Waals surface area (Å²) in [7, 11) is 0. The highest BCUT2D eigenvalue weighted by Crippen LogP contribution is 2.21. The van der Waals surface area contributed by atoms with Crippen LogP contribution in [0.25, 0.3) is 10.9 Å². The average molecular weight is 455 g/mol. The molecule has 1 amide bonds. The van der Waals surface area contributed by atoms with Crippen molar-refractivity contribution in [1.82, 2.24) is 14.5 Å². The van der Waals surface area contributed by atoms with Gasteiger partial charge in [0.2, 0.25) is 5.91 Å². The number of anilines is 1. The number of carbonyl (C=O) groups excluding carboxylic acids is 1. The van der Waals surface area contributed by atoms with E-state index in [-0.39, 0.29) is 34.7 Å². The highest BCUT2D eigenvalue weighted by molar-refractivity contribution is 7.99. The maximum Gasteiger partial charge on any atom is 0.262 e. The first-order valence-electron chi connectivity index (χ1n) is 9.28. The molecule has 31 heavy (non-hydrogen) atoms. The molecule has 0 bridgehead atoms. The minimum Gasteiger partial charge on any atom is -0.323 e. The highest BCUT2D eigenvalue weighted by atomic mass is 35.5. The molecule has 0 saturated carbocycles. The lowest BCUT2D eigenvalue weighted by molar-refractivity contribution is -0.113. The molecule has 1 N–H and O–H groups in total. The van der Waals surface area contributed by atoms with Gasteiger partial charge in [0.25, 0.3) is 5.56 Å². The number of nitrogens with zero attached hydrogens (tertiary/aromatic N) is 3. The molecule has 6 nitrogen and oxygen atoms in total. The van der Waals surface area contributed by atoms with Crippen LogP contribution in [-0.2, 0) is 11.3 Å². The van der Waals surface area contributed by atoms with Gasteiger partial charge in [0.1, 0.15) is 5.82 Å². The van der Waals surface area contributed by atoms with E-state index in [9.17, 15) is 14.0 Å². The average Bonchev–Trinajstić information content (AvgIpc) is 2.77. The van der Waals surface area contributed by atoms with Gasteiger partial charge in [0.15, 0.2) is 10.3 Å². The number of hydrogen-bond donors (Lipinski definition) is 1. The number of hydrogen-bond acceptors (Lipinski definition) is 5. The summed E-state index contributed by atoms with van der Waals surface area (Å²) in [6.45, 7) is 0.204. The van der Waals surface area contributed by atoms with Crippen LogP contribution in [0.3, 0.4) is 0 Å². The number of thioether (sulfide) groups is 1. The minimum absolute atomic E-state index is 0.0133. The van der Waals surface area contributed by atoms with Gasteiger partial charge in [-0.15, -0.1) is 0 Å². The summed E-state index contributed by atoms with van der Waals surface area (Å²) in [5.74, 6) is -0.650. The first-order chi connectivity index (χ1) is 15.0. The lowest BCUT2D eigenvalue weighted by atomic mass is 10.2. The van der Waals surface area contributed by atoms with E-state index in [1.807, 2.05) is 0 Å². The number of pyridine rings is 1. The number of fused-ring (bicyclic) bond motifs is 1. The van der Waals surface area contributed by atoms with Gasteiger partial charge in [-0.2, -0.15) is 0 Å². The molecule has 0 aliphatic heterocycles. The summed E-state index contributed by atoms with van der Waals surface area (Å²) < 4.78 is 14.8. The monoisotopic (exact) mass is 454 g/mol. The fraction of sp³-hybridized carbons (Fsp3) is 0.0909. The van der Waals surface area contributed by atoms with Crippen molar-refractivity contribution >= 4 is 45.9 Å². The number of benzene rings is 2. The van der Waals surface area contributed by atoms with Crippen LogP contribution in [0.5, 0.6) is 0 Å². The Morgan fingerprint density at radius 2 is 1.87 bits per heavy atom. The number of para-hydroxylation sites is 1. The van der Waals surface area contributed by atoms with Gasteiger partial charge in [0.05, 0.1) is 28.9 Å². The van der Waals surface area contributed by atoms with Crippen LogP contribution in [0.2, 0.25) is 5.15 Å². The fourth-order valence-electron chi connectivity index (χ4n) is 2.97. The first-order valence-corrected chi connectivity index (χ1v) is 10.6. The van der Waals surface area contributed by atoms with Gasteiger partial charge >= 0.3 is 0 Å². The third-order valence-corrected chi connectivity index (χ3v) is 5.72. The standard InChI is InChI=1S/C22H16ClFN4O2S/c23-20-18(6-3-11-25-20)26-19(29)13-31-22-27-17-5-2-1-4-16(17)21(30)28(22)12-14-7-9-15(24)10-8-14/h1-11H,12-13H2,(H,26,29). The van der Waals surface area contributed by atoms with E-state index in [1.54, 1.807) is 48.5 Å². The van der Waals surface area contributed by atoms with Gasteiger partial charge in [-0.3, -0.25) is 14.2 Å². The molecule has 2 aromatic heterocycles. The zero-order chi connectivity index (χ0) is 21.8. The van der Waals surface area contributed by atoms with E-state index >= 15 is 0 Å². The Bertz CT molecular complexity index is 1310. The van der Waals surface area contributed by atoms with Crippen LogP contribution in [0.4, 0.5) is 10.1 Å². The molecule has 0 radical (unpaired) electrons. The number of halogens is 2. The first kappa shape index (κ1) is 21.0. The van der Waals surface area contributed by atoms with Crippen LogP contribution < -0.4 is 10.9 Å². The summed E-state index contributed by atoms with van der Waals surface area (Å²) in [5, 5.41) is 3.75. The van der Waals surface area contributed by atoms with E-state index in [1.165, 1.54) is 22.9 Å². The Balaban J connectivity index is 1.62. The van der Waals surface area contributed by atoms with E-state index in [0.717, 1.165) is 17.3 Å². The fourth-order valence-corrected chi connectivity index (χ4v) is 3.93. The molecule has 0 unspecified atom stereocenters. The molecule has 0 fully saturated rings. The summed E-state index contributed by atoms with van der Waals surface area (Å²) in [4.78, 5) is 34.0. The number of nitrogens with one attached hydrogen (secondary N) is 1. The molecule has 0 atom stereocenters. The predicted molar refractivity (Wildman–Crippen MR) is 120 cm³/mol. The third-order valence-electron chi connectivity index (χ3n) is 4.45. The summed E-state index contributed by atoms with van der Waals surface area (Å²) in [5.41, 5.74) is 1.47. The van der Waals surface area contributed by atoms with Crippen molar-refractivity contribution in [2.24, 2.45) is 0 Å². The topological polar surface area (TPSA) is 76.9 Å². The predicted octanol–water partition coefficient (Wildman–Crippen LogP) is 4.36. The Kier molecular flexibility index (Phi) is 6.29. The van der Waals surface area contributed by atoms with Crippen molar-refractivity contribution in [3.63, 3.8) is 0 Å². The molecule has 0 saturated heterocycles. The summed E-state index contributed by atoms with van der Waals surface area (Å²) >= 11 is 7.12. The molecule has 2 aromatic carbocycles. The van der Waals surface area contributed by atoms with E-state index in [4.69, 9.17) is 11.6 Å². The van der Waals surface area contributed by atoms with Gasteiger partial charge in [-0.25, -0.2) is 14.4 Å². The SMILES string of the molecule is O=C(CSc1nc2ccccc2c(=O)n1Cc1ccc(F)cc1)Nc1cccnc1Cl. The van der Waals surface area contributed by atoms with Crippen LogP contribution in [0, 0.1) is 5.82 Å². The molecule has 0 aliphatic carbocycles. The van der Waals surface area contributed by atoms with E-state index in [0.29, 0.717) is 21.7 Å². The van der Waals surface area contributed by atoms with Crippen molar-refractivity contribution < 1.29 is 9.18 Å². The Morgan fingerprint density at radius 1 is 1.10 bits per heavy atom.